The molecule has 1 aliphatic heterocycles. The number of hydrogen-bond acceptors (Lipinski definition) is 6. The highest BCUT2D eigenvalue weighted by molar-refractivity contribution is 5.91. The summed E-state index contributed by atoms with van der Waals surface area (Å²) in [5.74, 6) is 1.00. The number of hydrazone groups is 1. The molecule has 0 saturated carbocycles. The van der Waals surface area contributed by atoms with Crippen molar-refractivity contribution in [3.8, 4) is 0 Å². The van der Waals surface area contributed by atoms with Crippen molar-refractivity contribution in [2.45, 2.75) is 20.8 Å². The first-order valence-electron chi connectivity index (χ1n) is 5.05. The molecular formula is C9H17N3O3. The van der Waals surface area contributed by atoms with E-state index in [4.69, 9.17) is 14.3 Å². The van der Waals surface area contributed by atoms with Crippen LogP contribution in [-0.4, -0.2) is 30.9 Å². The summed E-state index contributed by atoms with van der Waals surface area (Å²) in [7, 11) is 0. The highest BCUT2D eigenvalue weighted by Gasteiger charge is 2.17. The van der Waals surface area contributed by atoms with Gasteiger partial charge in [-0.3, -0.25) is 4.84 Å². The van der Waals surface area contributed by atoms with Crippen LogP contribution in [0.3, 0.4) is 0 Å². The van der Waals surface area contributed by atoms with Crippen molar-refractivity contribution >= 4 is 5.90 Å². The average molecular weight is 215 g/mol. The maximum absolute atomic E-state index is 5.37. The summed E-state index contributed by atoms with van der Waals surface area (Å²) >= 11 is 0. The highest BCUT2D eigenvalue weighted by Crippen LogP contribution is 2.08. The first-order chi connectivity index (χ1) is 7.31. The van der Waals surface area contributed by atoms with Gasteiger partial charge < -0.3 is 9.47 Å². The second-order valence-electron chi connectivity index (χ2n) is 2.62. The molecule has 15 heavy (non-hydrogen) atoms. The molecule has 0 aromatic rings. The van der Waals surface area contributed by atoms with E-state index in [1.165, 1.54) is 5.17 Å². The summed E-state index contributed by atoms with van der Waals surface area (Å²) in [6.45, 7) is 7.32. The molecule has 0 spiro atoms. The SMILES string of the molecule is CCOC1=CN(OCC)NN=C1OCC. The molecule has 0 bridgehead atoms. The van der Waals surface area contributed by atoms with E-state index < -0.39 is 0 Å². The Morgan fingerprint density at radius 1 is 1.20 bits per heavy atom. The summed E-state index contributed by atoms with van der Waals surface area (Å²) in [4.78, 5) is 5.19. The molecule has 0 fully saturated rings. The summed E-state index contributed by atoms with van der Waals surface area (Å²) in [5.41, 5.74) is 2.66. The monoisotopic (exact) mass is 215 g/mol. The summed E-state index contributed by atoms with van der Waals surface area (Å²) in [6.07, 6.45) is 1.66. The number of nitrogens with one attached hydrogen (secondary N) is 1. The minimum absolute atomic E-state index is 0.440. The first-order valence-corrected chi connectivity index (χ1v) is 5.05. The van der Waals surface area contributed by atoms with E-state index in [9.17, 15) is 0 Å². The Bertz CT molecular complexity index is 253. The number of hydrogen-bond donors (Lipinski definition) is 1. The molecule has 86 valence electrons. The summed E-state index contributed by atoms with van der Waals surface area (Å²) in [6, 6.07) is 0. The summed E-state index contributed by atoms with van der Waals surface area (Å²) < 4.78 is 10.7. The van der Waals surface area contributed by atoms with Gasteiger partial charge in [0.05, 0.1) is 19.8 Å². The Labute approximate surface area is 89.4 Å². The van der Waals surface area contributed by atoms with Crippen LogP contribution in [0.25, 0.3) is 0 Å². The molecule has 0 aliphatic carbocycles. The van der Waals surface area contributed by atoms with Crippen molar-refractivity contribution in [3.05, 3.63) is 12.0 Å². The number of nitrogens with zero attached hydrogens (tertiary/aromatic N) is 2. The maximum Gasteiger partial charge on any atom is 0.277 e. The molecule has 0 aromatic carbocycles. The number of hydrazine groups is 1. The smallest absolute Gasteiger partial charge is 0.277 e. The molecule has 1 aliphatic rings. The van der Waals surface area contributed by atoms with Crippen LogP contribution in [0, 0.1) is 0 Å². The normalized spacial score (nSPS) is 15.3. The zero-order chi connectivity index (χ0) is 11.1. The topological polar surface area (TPSA) is 55.3 Å². The van der Waals surface area contributed by atoms with Gasteiger partial charge in [0.25, 0.3) is 5.90 Å². The quantitative estimate of drug-likeness (QED) is 0.741. The molecule has 0 radical (unpaired) electrons. The van der Waals surface area contributed by atoms with Crippen LogP contribution in [0.1, 0.15) is 20.8 Å². The van der Waals surface area contributed by atoms with Gasteiger partial charge >= 0.3 is 0 Å². The van der Waals surface area contributed by atoms with Gasteiger partial charge in [0.2, 0.25) is 5.76 Å². The van der Waals surface area contributed by atoms with Gasteiger partial charge in [0, 0.05) is 0 Å². The predicted octanol–water partition coefficient (Wildman–Crippen LogP) is 0.986. The van der Waals surface area contributed by atoms with Crippen LogP contribution in [-0.2, 0) is 14.3 Å². The van der Waals surface area contributed by atoms with Crippen LogP contribution in [0.15, 0.2) is 17.1 Å². The molecule has 1 heterocycles. The standard InChI is InChI=1S/C9H17N3O3/c1-4-13-8-7-12(15-6-3)11-10-9(8)14-5-2/h7,11H,4-6H2,1-3H3. The van der Waals surface area contributed by atoms with Gasteiger partial charge in [-0.25, -0.2) is 0 Å². The van der Waals surface area contributed by atoms with Gasteiger partial charge in [-0.1, -0.05) is 0 Å². The Hall–Kier alpha value is -1.43. The minimum Gasteiger partial charge on any atom is -0.487 e. The number of ether oxygens (including phenoxy) is 2. The van der Waals surface area contributed by atoms with Crippen LogP contribution < -0.4 is 5.53 Å². The average Bonchev–Trinajstić information content (AvgIpc) is 2.23. The van der Waals surface area contributed by atoms with Gasteiger partial charge in [-0.2, -0.15) is 5.53 Å². The largest absolute Gasteiger partial charge is 0.487 e. The van der Waals surface area contributed by atoms with Crippen molar-refractivity contribution in [1.82, 2.24) is 10.7 Å². The van der Waals surface area contributed by atoms with Gasteiger partial charge in [-0.15, -0.1) is 10.3 Å². The fraction of sp³-hybridized carbons (Fsp3) is 0.667. The van der Waals surface area contributed by atoms with Gasteiger partial charge in [-0.05, 0) is 20.8 Å². The van der Waals surface area contributed by atoms with E-state index in [2.05, 4.69) is 10.6 Å². The maximum atomic E-state index is 5.37. The molecule has 6 nitrogen and oxygen atoms in total. The summed E-state index contributed by atoms with van der Waals surface area (Å²) in [5, 5.41) is 5.35. The zero-order valence-corrected chi connectivity index (χ0v) is 9.32. The second-order valence-corrected chi connectivity index (χ2v) is 2.62. The highest BCUT2D eigenvalue weighted by atomic mass is 16.7. The van der Waals surface area contributed by atoms with Crippen molar-refractivity contribution in [2.24, 2.45) is 5.10 Å². The Kier molecular flexibility index (Phi) is 4.76. The van der Waals surface area contributed by atoms with Crippen LogP contribution >= 0.6 is 0 Å². The van der Waals surface area contributed by atoms with Crippen LogP contribution in [0.2, 0.25) is 0 Å². The van der Waals surface area contributed by atoms with E-state index in [0.717, 1.165) is 0 Å². The van der Waals surface area contributed by atoms with Crippen molar-refractivity contribution in [1.29, 1.82) is 0 Å². The van der Waals surface area contributed by atoms with Crippen LogP contribution in [0.5, 0.6) is 0 Å². The van der Waals surface area contributed by atoms with Crippen molar-refractivity contribution in [3.63, 3.8) is 0 Å². The lowest BCUT2D eigenvalue weighted by atomic mass is 10.5. The Morgan fingerprint density at radius 2 is 1.93 bits per heavy atom. The van der Waals surface area contributed by atoms with Crippen LogP contribution in [0.4, 0.5) is 0 Å². The lowest BCUT2D eigenvalue weighted by Crippen LogP contribution is -2.36. The third kappa shape index (κ3) is 3.32. The third-order valence-corrected chi connectivity index (χ3v) is 1.54. The fourth-order valence-electron chi connectivity index (χ4n) is 1.04. The van der Waals surface area contributed by atoms with Crippen molar-refractivity contribution in [2.75, 3.05) is 19.8 Å². The van der Waals surface area contributed by atoms with Crippen molar-refractivity contribution < 1.29 is 14.3 Å². The van der Waals surface area contributed by atoms with E-state index in [1.54, 1.807) is 6.20 Å². The van der Waals surface area contributed by atoms with E-state index in [0.29, 0.717) is 31.5 Å². The molecule has 0 unspecified atom stereocenters. The molecule has 0 aromatic heterocycles. The van der Waals surface area contributed by atoms with Gasteiger partial charge in [0.1, 0.15) is 6.20 Å². The Balaban J connectivity index is 2.64. The van der Waals surface area contributed by atoms with E-state index in [1.807, 2.05) is 20.8 Å². The molecule has 6 heteroatoms. The fourth-order valence-corrected chi connectivity index (χ4v) is 1.04. The van der Waals surface area contributed by atoms with E-state index in [-0.39, 0.29) is 0 Å². The van der Waals surface area contributed by atoms with Gasteiger partial charge in [0.15, 0.2) is 0 Å². The lowest BCUT2D eigenvalue weighted by Gasteiger charge is -2.24. The zero-order valence-electron chi connectivity index (χ0n) is 9.32. The predicted molar refractivity (Wildman–Crippen MR) is 55.4 cm³/mol. The number of hydroxylamine groups is 1. The van der Waals surface area contributed by atoms with E-state index >= 15 is 0 Å². The molecule has 1 N–H and O–H groups in total. The first kappa shape index (κ1) is 11.6. The minimum atomic E-state index is 0.440. The molecule has 1 rings (SSSR count). The Morgan fingerprint density at radius 3 is 2.53 bits per heavy atom. The lowest BCUT2D eigenvalue weighted by molar-refractivity contribution is -0.157. The molecule has 0 amide bonds. The molecular weight excluding hydrogens is 198 g/mol. The number of rotatable bonds is 5. The molecule has 0 saturated heterocycles. The molecule has 0 atom stereocenters. The third-order valence-electron chi connectivity index (χ3n) is 1.54. The second kappa shape index (κ2) is 6.13.